The zero-order valence-electron chi connectivity index (χ0n) is 30.8. The van der Waals surface area contributed by atoms with Gasteiger partial charge in [0.15, 0.2) is 0 Å². The Balaban J connectivity index is 0.922. The van der Waals surface area contributed by atoms with Gasteiger partial charge in [-0.25, -0.2) is 0 Å². The Bertz CT molecular complexity index is 2730. The highest BCUT2D eigenvalue weighted by Gasteiger charge is 2.45. The van der Waals surface area contributed by atoms with Crippen LogP contribution in [-0.4, -0.2) is 4.98 Å². The molecule has 0 bridgehead atoms. The fourth-order valence-electron chi connectivity index (χ4n) is 10.7. The van der Waals surface area contributed by atoms with E-state index in [-0.39, 0.29) is 5.41 Å². The Kier molecular flexibility index (Phi) is 6.49. The van der Waals surface area contributed by atoms with Crippen molar-refractivity contribution in [2.75, 3.05) is 0 Å². The van der Waals surface area contributed by atoms with Crippen molar-refractivity contribution < 1.29 is 0 Å². The maximum Gasteiger partial charge on any atom is 0.0708 e. The second-order valence-electron chi connectivity index (χ2n) is 16.6. The second-order valence-corrected chi connectivity index (χ2v) is 16.6. The lowest BCUT2D eigenvalue weighted by molar-refractivity contribution is 0.282. The zero-order chi connectivity index (χ0) is 35.6. The van der Waals surface area contributed by atoms with Crippen LogP contribution in [0.5, 0.6) is 0 Å². The number of hydrogen-bond acceptors (Lipinski definition) is 1. The summed E-state index contributed by atoms with van der Waals surface area (Å²) >= 11 is 0. The molecule has 1 heterocycles. The highest BCUT2D eigenvalue weighted by atomic mass is 14.7. The molecule has 1 nitrogen and oxygen atoms in total. The predicted octanol–water partition coefficient (Wildman–Crippen LogP) is 12.9. The highest BCUT2D eigenvalue weighted by molar-refractivity contribution is 6.14. The van der Waals surface area contributed by atoms with Gasteiger partial charge in [-0.15, -0.1) is 0 Å². The van der Waals surface area contributed by atoms with Crippen LogP contribution in [0.3, 0.4) is 0 Å². The quantitative estimate of drug-likeness (QED) is 0.170. The van der Waals surface area contributed by atoms with Crippen molar-refractivity contribution in [1.29, 1.82) is 0 Å². The Morgan fingerprint density at radius 2 is 1.57 bits per heavy atom. The summed E-state index contributed by atoms with van der Waals surface area (Å²) in [5.74, 6) is 2.07. The number of nitrogens with zero attached hydrogens (tertiary/aromatic N) is 1. The van der Waals surface area contributed by atoms with Crippen molar-refractivity contribution >= 4 is 21.5 Å². The minimum atomic E-state index is -0.140. The second kappa shape index (κ2) is 11.1. The molecule has 0 N–H and O–H groups in total. The third-order valence-corrected chi connectivity index (χ3v) is 13.4. The van der Waals surface area contributed by atoms with E-state index in [0.29, 0.717) is 23.7 Å². The summed E-state index contributed by atoms with van der Waals surface area (Å²) in [6.07, 6.45) is 21.0. The minimum absolute atomic E-state index is 0.140. The molecule has 6 aromatic rings. The first-order valence-corrected chi connectivity index (χ1v) is 19.3. The molecule has 1 aromatic heterocycles. The number of aryl methyl sites for hydroxylation is 2. The van der Waals surface area contributed by atoms with Crippen LogP contribution in [-0.2, 0) is 5.41 Å². The van der Waals surface area contributed by atoms with Crippen LogP contribution in [0.25, 0.3) is 55.1 Å². The maximum absolute atomic E-state index is 5.08. The number of pyridine rings is 1. The number of rotatable bonds is 3. The number of aromatic nitrogens is 1. The number of hydrogen-bond donors (Lipinski definition) is 0. The lowest BCUT2D eigenvalue weighted by Gasteiger charge is -2.47. The fraction of sp³-hybridized carbons (Fsp3) is 0.212. The van der Waals surface area contributed by atoms with Crippen LogP contribution in [0.1, 0.15) is 60.4 Å². The minimum Gasteiger partial charge on any atom is -0.256 e. The van der Waals surface area contributed by atoms with Crippen LogP contribution in [0.15, 0.2) is 144 Å². The first-order valence-electron chi connectivity index (χ1n) is 19.3. The van der Waals surface area contributed by atoms with Gasteiger partial charge in [0.05, 0.1) is 5.69 Å². The van der Waals surface area contributed by atoms with E-state index < -0.39 is 0 Å². The molecule has 1 saturated carbocycles. The van der Waals surface area contributed by atoms with E-state index in [1.807, 2.05) is 0 Å². The molecule has 254 valence electrons. The van der Waals surface area contributed by atoms with Gasteiger partial charge in [0.25, 0.3) is 0 Å². The summed E-state index contributed by atoms with van der Waals surface area (Å²) < 4.78 is 0. The summed E-state index contributed by atoms with van der Waals surface area (Å²) in [6, 6.07) is 36.9. The normalized spacial score (nSPS) is 22.8. The molecule has 0 amide bonds. The summed E-state index contributed by atoms with van der Waals surface area (Å²) in [5, 5.41) is 5.21. The van der Waals surface area contributed by atoms with Crippen molar-refractivity contribution in [3.8, 4) is 33.5 Å². The molecule has 4 unspecified atom stereocenters. The van der Waals surface area contributed by atoms with Crippen molar-refractivity contribution in [3.05, 3.63) is 184 Å². The van der Waals surface area contributed by atoms with Gasteiger partial charge in [-0.05, 0) is 123 Å². The lowest BCUT2D eigenvalue weighted by Crippen LogP contribution is -2.37. The maximum atomic E-state index is 5.08. The van der Waals surface area contributed by atoms with Crippen LogP contribution < -0.4 is 0 Å². The molecule has 1 heteroatoms. The monoisotopic (exact) mass is 679 g/mol. The van der Waals surface area contributed by atoms with E-state index in [9.17, 15) is 0 Å². The van der Waals surface area contributed by atoms with Gasteiger partial charge in [0.1, 0.15) is 0 Å². The Morgan fingerprint density at radius 1 is 0.717 bits per heavy atom. The van der Waals surface area contributed by atoms with Gasteiger partial charge in [0.2, 0.25) is 0 Å². The third-order valence-electron chi connectivity index (χ3n) is 13.4. The van der Waals surface area contributed by atoms with E-state index in [0.717, 1.165) is 11.3 Å². The number of fused-ring (bicyclic) bond motifs is 6. The number of allylic oxidation sites excluding steroid dienone is 10. The van der Waals surface area contributed by atoms with Crippen molar-refractivity contribution in [2.45, 2.75) is 51.9 Å². The molecule has 53 heavy (non-hydrogen) atoms. The highest BCUT2D eigenvalue weighted by Crippen LogP contribution is 2.56. The van der Waals surface area contributed by atoms with Gasteiger partial charge in [0, 0.05) is 45.7 Å². The molecule has 5 aromatic carbocycles. The molecule has 4 atom stereocenters. The van der Waals surface area contributed by atoms with Gasteiger partial charge in [-0.1, -0.05) is 135 Å². The molecular formula is C52H41N. The van der Waals surface area contributed by atoms with Crippen LogP contribution >= 0.6 is 0 Å². The Morgan fingerprint density at radius 3 is 2.45 bits per heavy atom. The molecule has 1 fully saturated rings. The molecular weight excluding hydrogens is 639 g/mol. The van der Waals surface area contributed by atoms with Gasteiger partial charge in [-0.2, -0.15) is 0 Å². The Hall–Kier alpha value is -5.71. The van der Waals surface area contributed by atoms with E-state index in [1.54, 1.807) is 5.57 Å². The first kappa shape index (κ1) is 30.9. The first-order chi connectivity index (χ1) is 25.8. The molecule has 0 aliphatic heterocycles. The Labute approximate surface area is 312 Å². The molecule has 0 radical (unpaired) electrons. The average Bonchev–Trinajstić information content (AvgIpc) is 3.42. The van der Waals surface area contributed by atoms with Gasteiger partial charge >= 0.3 is 0 Å². The summed E-state index contributed by atoms with van der Waals surface area (Å²) in [7, 11) is 0. The summed E-state index contributed by atoms with van der Waals surface area (Å²) in [4.78, 5) is 5.08. The molecule has 5 aliphatic rings. The topological polar surface area (TPSA) is 12.9 Å². The predicted molar refractivity (Wildman–Crippen MR) is 220 cm³/mol. The standard InChI is InChI=1S/C52H41N/c1-30-7-5-8-32-15-25-44-42(20-11-31(2)49(44)48(30)32)47-26-19-38(29-53-47)36-17-22-40-41-23-18-37(28-46(41)52(3,4)45(40)27-36)39-21-14-35-13-12-33-9-6-10-34-16-24-43(39)51(35)50(33)34/h5-13,15-17,19-20,22,24-29,35,39,50-51H,14,21H2,1-4H3. The van der Waals surface area contributed by atoms with Gasteiger partial charge < -0.3 is 0 Å². The van der Waals surface area contributed by atoms with Crippen LogP contribution in [0, 0.1) is 43.7 Å². The van der Waals surface area contributed by atoms with Crippen molar-refractivity contribution in [3.63, 3.8) is 0 Å². The van der Waals surface area contributed by atoms with Gasteiger partial charge in [-0.3, -0.25) is 4.98 Å². The number of benzene rings is 4. The molecule has 0 saturated heterocycles. The average molecular weight is 680 g/mol. The molecule has 0 spiro atoms. The zero-order valence-corrected chi connectivity index (χ0v) is 30.8. The fourth-order valence-corrected chi connectivity index (χ4v) is 10.7. The van der Waals surface area contributed by atoms with Crippen molar-refractivity contribution in [2.24, 2.45) is 17.8 Å². The molecule has 11 rings (SSSR count). The summed E-state index contributed by atoms with van der Waals surface area (Å²) in [6.45, 7) is 9.21. The van der Waals surface area contributed by atoms with E-state index in [4.69, 9.17) is 4.98 Å². The van der Waals surface area contributed by atoms with E-state index in [2.05, 4.69) is 167 Å². The van der Waals surface area contributed by atoms with Crippen LogP contribution in [0.2, 0.25) is 0 Å². The van der Waals surface area contributed by atoms with E-state index in [1.165, 1.54) is 95.6 Å². The smallest absolute Gasteiger partial charge is 0.0708 e. The summed E-state index contributed by atoms with van der Waals surface area (Å²) in [5.41, 5.74) is 18.1. The lowest BCUT2D eigenvalue weighted by atomic mass is 9.56. The van der Waals surface area contributed by atoms with E-state index >= 15 is 0 Å². The SMILES string of the molecule is Cc1cccc2ccc3c(-c4ccc(-c5ccc6c(c5)C(C)(C)c5cc(C7CCC8C=CC9=CC=CC%10=CC=C7C8C9%10)c#cc5-6)cn4)ccc(C)c3c12. The molecule has 5 aliphatic carbocycles. The van der Waals surface area contributed by atoms with Crippen LogP contribution in [0.4, 0.5) is 0 Å². The van der Waals surface area contributed by atoms with Crippen molar-refractivity contribution in [1.82, 2.24) is 4.98 Å². The largest absolute Gasteiger partial charge is 0.256 e. The third kappa shape index (κ3) is 4.42.